The van der Waals surface area contributed by atoms with Gasteiger partial charge >= 0.3 is 11.8 Å². The number of rotatable bonds is 6. The van der Waals surface area contributed by atoms with Gasteiger partial charge in [0.1, 0.15) is 5.84 Å². The molecule has 174 valence electrons. The monoisotopic (exact) mass is 457 g/mol. The normalized spacial score (nSPS) is 21.7. The van der Waals surface area contributed by atoms with Gasteiger partial charge in [-0.15, -0.1) is 0 Å². The average molecular weight is 457 g/mol. The molecule has 2 aliphatic rings. The molecule has 5 nitrogen and oxygen atoms in total. The molecule has 1 heterocycles. The standard InChI is InChI=1S/C25H26F3N3O2/c26-25(27,28)24(30-22(32)20-14-8-3-9-15-20)23(33)31(17-16-18-10-4-1-5-11-18)21(29-24)19-12-6-2-7-13-19/h1-2,4-7,10-13,20H,3,8-9,14-17H2,(H,30,32). The van der Waals surface area contributed by atoms with Gasteiger partial charge in [-0.3, -0.25) is 14.5 Å². The number of carbonyl (C=O) groups is 2. The maximum absolute atomic E-state index is 14.5. The van der Waals surface area contributed by atoms with E-state index in [0.29, 0.717) is 24.8 Å². The van der Waals surface area contributed by atoms with E-state index in [4.69, 9.17) is 0 Å². The zero-order chi connectivity index (χ0) is 23.5. The first-order chi connectivity index (χ1) is 15.8. The molecule has 2 aromatic rings. The number of nitrogens with zero attached hydrogens (tertiary/aromatic N) is 2. The van der Waals surface area contributed by atoms with E-state index < -0.39 is 29.6 Å². The van der Waals surface area contributed by atoms with Crippen LogP contribution in [-0.4, -0.2) is 40.9 Å². The van der Waals surface area contributed by atoms with Crippen molar-refractivity contribution in [3.8, 4) is 0 Å². The van der Waals surface area contributed by atoms with Crippen molar-refractivity contribution in [1.29, 1.82) is 0 Å². The van der Waals surface area contributed by atoms with E-state index in [1.54, 1.807) is 30.3 Å². The van der Waals surface area contributed by atoms with Crippen LogP contribution in [0.2, 0.25) is 0 Å². The zero-order valence-electron chi connectivity index (χ0n) is 18.1. The van der Waals surface area contributed by atoms with Gasteiger partial charge in [0.05, 0.1) is 0 Å². The number of hydrogen-bond donors (Lipinski definition) is 1. The molecule has 1 fully saturated rings. The molecule has 2 aromatic carbocycles. The highest BCUT2D eigenvalue weighted by atomic mass is 19.4. The lowest BCUT2D eigenvalue weighted by molar-refractivity contribution is -0.200. The molecule has 33 heavy (non-hydrogen) atoms. The molecular weight excluding hydrogens is 431 g/mol. The highest BCUT2D eigenvalue weighted by molar-refractivity contribution is 6.16. The molecule has 0 radical (unpaired) electrons. The summed E-state index contributed by atoms with van der Waals surface area (Å²) >= 11 is 0. The Morgan fingerprint density at radius 2 is 1.61 bits per heavy atom. The Morgan fingerprint density at radius 1 is 1.00 bits per heavy atom. The third-order valence-electron chi connectivity index (χ3n) is 6.27. The Balaban J connectivity index is 1.69. The van der Waals surface area contributed by atoms with Crippen molar-refractivity contribution in [1.82, 2.24) is 10.2 Å². The van der Waals surface area contributed by atoms with Crippen LogP contribution in [0, 0.1) is 5.92 Å². The van der Waals surface area contributed by atoms with Gasteiger partial charge in [-0.25, -0.2) is 4.99 Å². The summed E-state index contributed by atoms with van der Waals surface area (Å²) < 4.78 is 43.4. The van der Waals surface area contributed by atoms with E-state index in [0.717, 1.165) is 29.7 Å². The van der Waals surface area contributed by atoms with Crippen LogP contribution in [0.3, 0.4) is 0 Å². The second kappa shape index (κ2) is 9.37. The first-order valence-electron chi connectivity index (χ1n) is 11.2. The lowest BCUT2D eigenvalue weighted by Crippen LogP contribution is -2.64. The van der Waals surface area contributed by atoms with Gasteiger partial charge in [0.15, 0.2) is 0 Å². The quantitative estimate of drug-likeness (QED) is 0.696. The number of halogens is 3. The van der Waals surface area contributed by atoms with Crippen molar-refractivity contribution in [3.63, 3.8) is 0 Å². The molecule has 1 unspecified atom stereocenters. The number of aliphatic imine (C=N–C) groups is 1. The van der Waals surface area contributed by atoms with Gasteiger partial charge in [0, 0.05) is 18.0 Å². The van der Waals surface area contributed by atoms with Crippen LogP contribution in [0.4, 0.5) is 13.2 Å². The summed E-state index contributed by atoms with van der Waals surface area (Å²) in [5.74, 6) is -2.66. The summed E-state index contributed by atoms with van der Waals surface area (Å²) in [7, 11) is 0. The van der Waals surface area contributed by atoms with Crippen molar-refractivity contribution in [3.05, 3.63) is 71.8 Å². The summed E-state index contributed by atoms with van der Waals surface area (Å²) in [5, 5.41) is 2.04. The Hall–Kier alpha value is -3.16. The smallest absolute Gasteiger partial charge is 0.316 e. The molecule has 1 aliphatic heterocycles. The van der Waals surface area contributed by atoms with Crippen molar-refractivity contribution in [2.24, 2.45) is 10.9 Å². The number of hydrogen-bond acceptors (Lipinski definition) is 3. The minimum absolute atomic E-state index is 0.00764. The van der Waals surface area contributed by atoms with Crippen LogP contribution in [0.15, 0.2) is 65.7 Å². The van der Waals surface area contributed by atoms with Gasteiger partial charge in [-0.2, -0.15) is 13.2 Å². The highest BCUT2D eigenvalue weighted by Crippen LogP contribution is 2.39. The molecule has 0 aromatic heterocycles. The molecule has 0 spiro atoms. The summed E-state index contributed by atoms with van der Waals surface area (Å²) in [6, 6.07) is 17.5. The Labute approximate surface area is 190 Å². The van der Waals surface area contributed by atoms with Crippen LogP contribution in [0.25, 0.3) is 0 Å². The van der Waals surface area contributed by atoms with Crippen LogP contribution in [0.1, 0.15) is 43.2 Å². The Kier molecular flexibility index (Phi) is 6.54. The summed E-state index contributed by atoms with van der Waals surface area (Å²) in [6.45, 7) is 0.00764. The second-order valence-corrected chi connectivity index (χ2v) is 8.53. The summed E-state index contributed by atoms with van der Waals surface area (Å²) in [4.78, 5) is 31.2. The van der Waals surface area contributed by atoms with Gasteiger partial charge < -0.3 is 5.32 Å². The van der Waals surface area contributed by atoms with Crippen molar-refractivity contribution >= 4 is 17.6 Å². The lowest BCUT2D eigenvalue weighted by atomic mass is 9.88. The summed E-state index contributed by atoms with van der Waals surface area (Å²) in [6.07, 6.45) is -1.18. The predicted molar refractivity (Wildman–Crippen MR) is 118 cm³/mol. The van der Waals surface area contributed by atoms with E-state index in [2.05, 4.69) is 4.99 Å². The van der Waals surface area contributed by atoms with E-state index in [-0.39, 0.29) is 12.4 Å². The fourth-order valence-electron chi connectivity index (χ4n) is 4.44. The van der Waals surface area contributed by atoms with Crippen molar-refractivity contribution in [2.75, 3.05) is 6.54 Å². The van der Waals surface area contributed by atoms with E-state index in [1.807, 2.05) is 35.6 Å². The number of nitrogens with one attached hydrogen (secondary N) is 1. The fourth-order valence-corrected chi connectivity index (χ4v) is 4.44. The molecule has 1 aliphatic carbocycles. The van der Waals surface area contributed by atoms with Gasteiger partial charge in [-0.1, -0.05) is 79.9 Å². The molecule has 4 rings (SSSR count). The first-order valence-corrected chi connectivity index (χ1v) is 11.2. The number of amidine groups is 1. The van der Waals surface area contributed by atoms with Crippen molar-refractivity contribution in [2.45, 2.75) is 50.4 Å². The molecule has 8 heteroatoms. The van der Waals surface area contributed by atoms with Gasteiger partial charge in [0.2, 0.25) is 5.91 Å². The van der Waals surface area contributed by atoms with Gasteiger partial charge in [-0.05, 0) is 24.8 Å². The third kappa shape index (κ3) is 4.65. The lowest BCUT2D eigenvalue weighted by Gasteiger charge is -2.31. The number of amides is 2. The van der Waals surface area contributed by atoms with Crippen LogP contribution >= 0.6 is 0 Å². The SMILES string of the molecule is O=C(NC1(C(F)(F)F)N=C(c2ccccc2)N(CCc2ccccc2)C1=O)C1CCCCC1. The summed E-state index contributed by atoms with van der Waals surface area (Å²) in [5.41, 5.74) is -2.05. The number of carbonyl (C=O) groups excluding carboxylic acids is 2. The maximum Gasteiger partial charge on any atom is 0.442 e. The van der Waals surface area contributed by atoms with Crippen LogP contribution in [-0.2, 0) is 16.0 Å². The number of benzene rings is 2. The fraction of sp³-hybridized carbons (Fsp3) is 0.400. The molecular formula is C25H26F3N3O2. The Bertz CT molecular complexity index is 1020. The van der Waals surface area contributed by atoms with E-state index in [9.17, 15) is 22.8 Å². The largest absolute Gasteiger partial charge is 0.442 e. The molecule has 0 saturated heterocycles. The number of alkyl halides is 3. The molecule has 1 saturated carbocycles. The highest BCUT2D eigenvalue weighted by Gasteiger charge is 2.67. The Morgan fingerprint density at radius 3 is 2.21 bits per heavy atom. The van der Waals surface area contributed by atoms with Gasteiger partial charge in [0.25, 0.3) is 5.91 Å². The molecule has 0 bridgehead atoms. The minimum atomic E-state index is -5.09. The molecule has 1 atom stereocenters. The maximum atomic E-state index is 14.5. The van der Waals surface area contributed by atoms with Crippen LogP contribution < -0.4 is 5.32 Å². The predicted octanol–water partition coefficient (Wildman–Crippen LogP) is 4.47. The van der Waals surface area contributed by atoms with E-state index in [1.165, 1.54) is 0 Å². The van der Waals surface area contributed by atoms with Crippen molar-refractivity contribution < 1.29 is 22.8 Å². The topological polar surface area (TPSA) is 61.8 Å². The van der Waals surface area contributed by atoms with Crippen LogP contribution in [0.5, 0.6) is 0 Å². The molecule has 2 amide bonds. The molecule has 1 N–H and O–H groups in total. The third-order valence-corrected chi connectivity index (χ3v) is 6.27. The van der Waals surface area contributed by atoms with E-state index >= 15 is 0 Å². The first kappa shape index (κ1) is 23.0. The average Bonchev–Trinajstić information content (AvgIpc) is 3.12. The second-order valence-electron chi connectivity index (χ2n) is 8.53. The minimum Gasteiger partial charge on any atom is -0.316 e. The zero-order valence-corrected chi connectivity index (χ0v) is 18.1.